The maximum absolute atomic E-state index is 3.47. The van der Waals surface area contributed by atoms with E-state index in [0.29, 0.717) is 18.1 Å². The number of hydrogen-bond acceptors (Lipinski definition) is 2. The van der Waals surface area contributed by atoms with Crippen LogP contribution in [0.1, 0.15) is 27.7 Å². The highest BCUT2D eigenvalue weighted by Gasteiger charge is 2.23. The zero-order chi connectivity index (χ0) is 8.43. The molecule has 1 aliphatic rings. The Hall–Kier alpha value is -0.0800. The van der Waals surface area contributed by atoms with Crippen molar-refractivity contribution in [2.75, 3.05) is 13.1 Å². The highest BCUT2D eigenvalue weighted by Crippen LogP contribution is 2.09. The average molecular weight is 156 g/mol. The van der Waals surface area contributed by atoms with Gasteiger partial charge in [-0.1, -0.05) is 0 Å². The van der Waals surface area contributed by atoms with Gasteiger partial charge in [-0.2, -0.15) is 0 Å². The molecule has 1 fully saturated rings. The van der Waals surface area contributed by atoms with Crippen LogP contribution in [0.2, 0.25) is 0 Å². The van der Waals surface area contributed by atoms with E-state index in [9.17, 15) is 0 Å². The van der Waals surface area contributed by atoms with Gasteiger partial charge in [0.1, 0.15) is 0 Å². The maximum Gasteiger partial charge on any atom is 0.0195 e. The highest BCUT2D eigenvalue weighted by atomic mass is 15.2. The summed E-state index contributed by atoms with van der Waals surface area (Å²) in [6, 6.07) is 2.05. The lowest BCUT2D eigenvalue weighted by atomic mass is 10.1. The van der Waals surface area contributed by atoms with Crippen molar-refractivity contribution in [1.82, 2.24) is 10.2 Å². The fourth-order valence-corrected chi connectivity index (χ4v) is 1.77. The van der Waals surface area contributed by atoms with E-state index in [1.54, 1.807) is 0 Å². The van der Waals surface area contributed by atoms with Gasteiger partial charge >= 0.3 is 0 Å². The van der Waals surface area contributed by atoms with Crippen LogP contribution in [0.25, 0.3) is 0 Å². The van der Waals surface area contributed by atoms with Crippen LogP contribution in [0.15, 0.2) is 0 Å². The lowest BCUT2D eigenvalue weighted by Gasteiger charge is -2.40. The molecule has 66 valence electrons. The van der Waals surface area contributed by atoms with Crippen molar-refractivity contribution >= 4 is 0 Å². The molecule has 0 amide bonds. The van der Waals surface area contributed by atoms with Crippen LogP contribution < -0.4 is 5.32 Å². The van der Waals surface area contributed by atoms with Gasteiger partial charge in [0.2, 0.25) is 0 Å². The predicted molar refractivity (Wildman–Crippen MR) is 48.8 cm³/mol. The van der Waals surface area contributed by atoms with E-state index >= 15 is 0 Å². The first-order valence-electron chi connectivity index (χ1n) is 4.60. The molecule has 0 spiro atoms. The molecule has 1 N–H and O–H groups in total. The zero-order valence-electron chi connectivity index (χ0n) is 8.09. The van der Waals surface area contributed by atoms with Gasteiger partial charge in [-0.15, -0.1) is 0 Å². The molecule has 0 aromatic carbocycles. The average Bonchev–Trinajstić information content (AvgIpc) is 1.94. The van der Waals surface area contributed by atoms with E-state index < -0.39 is 0 Å². The third-order valence-corrected chi connectivity index (χ3v) is 2.48. The Bertz CT molecular complexity index is 123. The summed E-state index contributed by atoms with van der Waals surface area (Å²) < 4.78 is 0. The van der Waals surface area contributed by atoms with E-state index in [1.807, 2.05) is 0 Å². The Labute approximate surface area is 70.0 Å². The summed E-state index contributed by atoms with van der Waals surface area (Å²) in [4.78, 5) is 2.56. The molecule has 0 unspecified atom stereocenters. The first-order chi connectivity index (χ1) is 5.11. The topological polar surface area (TPSA) is 15.3 Å². The molecule has 0 saturated carbocycles. The number of rotatable bonds is 1. The molecular weight excluding hydrogens is 136 g/mol. The van der Waals surface area contributed by atoms with Gasteiger partial charge < -0.3 is 5.32 Å². The molecule has 0 aliphatic carbocycles. The molecule has 1 aliphatic heterocycles. The van der Waals surface area contributed by atoms with Crippen LogP contribution in [0.5, 0.6) is 0 Å². The number of hydrogen-bond donors (Lipinski definition) is 1. The molecule has 1 saturated heterocycles. The lowest BCUT2D eigenvalue weighted by molar-refractivity contribution is 0.112. The number of piperazine rings is 1. The largest absolute Gasteiger partial charge is 0.311 e. The fraction of sp³-hybridized carbons (Fsp3) is 1.00. The fourth-order valence-electron chi connectivity index (χ4n) is 1.77. The van der Waals surface area contributed by atoms with Crippen LogP contribution in [0.4, 0.5) is 0 Å². The molecule has 2 atom stereocenters. The van der Waals surface area contributed by atoms with Crippen LogP contribution in [0.3, 0.4) is 0 Å². The maximum atomic E-state index is 3.47. The third kappa shape index (κ3) is 2.17. The predicted octanol–water partition coefficient (Wildman–Crippen LogP) is 1.08. The molecule has 0 aromatic heterocycles. The van der Waals surface area contributed by atoms with Gasteiger partial charge in [-0.3, -0.25) is 4.90 Å². The summed E-state index contributed by atoms with van der Waals surface area (Å²) in [6.07, 6.45) is 0. The number of nitrogens with one attached hydrogen (secondary N) is 1. The SMILES string of the molecule is CC(C)N1C[C@H](C)NC[C@H]1C. The van der Waals surface area contributed by atoms with Crippen molar-refractivity contribution in [3.05, 3.63) is 0 Å². The van der Waals surface area contributed by atoms with Gasteiger partial charge in [0.15, 0.2) is 0 Å². The van der Waals surface area contributed by atoms with Crippen LogP contribution in [-0.4, -0.2) is 36.1 Å². The molecule has 0 bridgehead atoms. The molecule has 0 radical (unpaired) electrons. The van der Waals surface area contributed by atoms with Gasteiger partial charge in [0.05, 0.1) is 0 Å². The second-order valence-corrected chi connectivity index (χ2v) is 3.95. The summed E-state index contributed by atoms with van der Waals surface area (Å²) in [7, 11) is 0. The Morgan fingerprint density at radius 1 is 1.36 bits per heavy atom. The summed E-state index contributed by atoms with van der Waals surface area (Å²) in [5.41, 5.74) is 0. The normalized spacial score (nSPS) is 34.6. The van der Waals surface area contributed by atoms with E-state index in [4.69, 9.17) is 0 Å². The first-order valence-corrected chi connectivity index (χ1v) is 4.60. The van der Waals surface area contributed by atoms with Crippen LogP contribution >= 0.6 is 0 Å². The van der Waals surface area contributed by atoms with Crippen LogP contribution in [-0.2, 0) is 0 Å². The second kappa shape index (κ2) is 3.55. The Balaban J connectivity index is 2.47. The summed E-state index contributed by atoms with van der Waals surface area (Å²) >= 11 is 0. The van der Waals surface area contributed by atoms with Gasteiger partial charge in [0.25, 0.3) is 0 Å². The standard InChI is InChI=1S/C9H20N2/c1-7(2)11-6-8(3)10-5-9(11)4/h7-10H,5-6H2,1-4H3/t8-,9+/m0/s1. The Morgan fingerprint density at radius 3 is 2.45 bits per heavy atom. The zero-order valence-corrected chi connectivity index (χ0v) is 8.09. The monoisotopic (exact) mass is 156 g/mol. The molecule has 0 aromatic rings. The van der Waals surface area contributed by atoms with Gasteiger partial charge in [-0.05, 0) is 27.7 Å². The minimum atomic E-state index is 0.661. The van der Waals surface area contributed by atoms with E-state index in [1.165, 1.54) is 6.54 Å². The van der Waals surface area contributed by atoms with E-state index in [0.717, 1.165) is 6.54 Å². The first kappa shape index (κ1) is 9.01. The number of nitrogens with zero attached hydrogens (tertiary/aromatic N) is 1. The minimum absolute atomic E-state index is 0.661. The van der Waals surface area contributed by atoms with Gasteiger partial charge in [0, 0.05) is 31.2 Å². The van der Waals surface area contributed by atoms with Crippen molar-refractivity contribution < 1.29 is 0 Å². The Kier molecular flexibility index (Phi) is 2.90. The molecule has 11 heavy (non-hydrogen) atoms. The van der Waals surface area contributed by atoms with E-state index in [2.05, 4.69) is 37.9 Å². The van der Waals surface area contributed by atoms with Crippen LogP contribution in [0, 0.1) is 0 Å². The second-order valence-electron chi connectivity index (χ2n) is 3.95. The summed E-state index contributed by atoms with van der Waals surface area (Å²) in [5, 5.41) is 3.47. The highest BCUT2D eigenvalue weighted by molar-refractivity contribution is 4.82. The molecule has 1 rings (SSSR count). The van der Waals surface area contributed by atoms with Gasteiger partial charge in [-0.25, -0.2) is 0 Å². The molecule has 2 heteroatoms. The van der Waals surface area contributed by atoms with Crippen molar-refractivity contribution in [2.45, 2.75) is 45.8 Å². The smallest absolute Gasteiger partial charge is 0.0195 e. The molecular formula is C9H20N2. The van der Waals surface area contributed by atoms with Crippen molar-refractivity contribution in [3.8, 4) is 0 Å². The minimum Gasteiger partial charge on any atom is -0.311 e. The summed E-state index contributed by atoms with van der Waals surface area (Å²) in [6.45, 7) is 11.4. The molecule has 1 heterocycles. The quantitative estimate of drug-likeness (QED) is 0.611. The van der Waals surface area contributed by atoms with Crippen molar-refractivity contribution in [2.24, 2.45) is 0 Å². The lowest BCUT2D eigenvalue weighted by Crippen LogP contribution is -2.56. The molecule has 2 nitrogen and oxygen atoms in total. The summed E-state index contributed by atoms with van der Waals surface area (Å²) in [5.74, 6) is 0. The third-order valence-electron chi connectivity index (χ3n) is 2.48. The van der Waals surface area contributed by atoms with Crippen molar-refractivity contribution in [1.29, 1.82) is 0 Å². The van der Waals surface area contributed by atoms with Crippen molar-refractivity contribution in [3.63, 3.8) is 0 Å². The Morgan fingerprint density at radius 2 is 2.00 bits per heavy atom. The van der Waals surface area contributed by atoms with E-state index in [-0.39, 0.29) is 0 Å².